The van der Waals surface area contributed by atoms with Gasteiger partial charge in [-0.15, -0.1) is 0 Å². The van der Waals surface area contributed by atoms with E-state index in [4.69, 9.17) is 5.73 Å². The number of carbonyl (C=O) groups is 1. The van der Waals surface area contributed by atoms with E-state index in [0.717, 1.165) is 12.0 Å². The topological polar surface area (TPSA) is 46.3 Å². The molecule has 0 saturated carbocycles. The van der Waals surface area contributed by atoms with Crippen LogP contribution in [-0.4, -0.2) is 29.9 Å². The first-order valence-electron chi connectivity index (χ1n) is 6.30. The molecule has 18 heavy (non-hydrogen) atoms. The van der Waals surface area contributed by atoms with Gasteiger partial charge in [-0.2, -0.15) is 0 Å². The molecular formula is C14H19FN2O. The second kappa shape index (κ2) is 5.06. The number of likely N-dealkylation sites (tertiary alicyclic amines) is 1. The number of hydrogen-bond donors (Lipinski definition) is 1. The molecule has 1 saturated heterocycles. The van der Waals surface area contributed by atoms with Gasteiger partial charge in [0.15, 0.2) is 0 Å². The van der Waals surface area contributed by atoms with E-state index < -0.39 is 5.82 Å². The van der Waals surface area contributed by atoms with Crippen LogP contribution in [0.1, 0.15) is 29.3 Å². The smallest absolute Gasteiger partial charge is 0.257 e. The number of carbonyl (C=O) groups excluding carboxylic acids is 1. The lowest BCUT2D eigenvalue weighted by atomic mass is 10.1. The van der Waals surface area contributed by atoms with Crippen LogP contribution >= 0.6 is 0 Å². The van der Waals surface area contributed by atoms with Crippen molar-refractivity contribution in [3.8, 4) is 0 Å². The van der Waals surface area contributed by atoms with Crippen LogP contribution in [0.15, 0.2) is 18.2 Å². The Labute approximate surface area is 107 Å². The first kappa shape index (κ1) is 13.0. The fourth-order valence-electron chi connectivity index (χ4n) is 2.55. The number of aryl methyl sites for hydroxylation is 1. The lowest BCUT2D eigenvalue weighted by molar-refractivity contribution is 0.0738. The van der Waals surface area contributed by atoms with Gasteiger partial charge in [0.2, 0.25) is 0 Å². The Kier molecular flexibility index (Phi) is 3.66. The predicted octanol–water partition coefficient (Wildman–Crippen LogP) is 1.94. The minimum absolute atomic E-state index is 0.131. The van der Waals surface area contributed by atoms with Crippen molar-refractivity contribution in [3.63, 3.8) is 0 Å². The maximum atomic E-state index is 13.7. The summed E-state index contributed by atoms with van der Waals surface area (Å²) in [6, 6.07) is 4.76. The molecule has 2 rings (SSSR count). The number of halogens is 1. The maximum Gasteiger partial charge on any atom is 0.257 e. The average Bonchev–Trinajstić information content (AvgIpc) is 2.73. The number of hydrogen-bond acceptors (Lipinski definition) is 2. The molecule has 3 nitrogen and oxygen atoms in total. The standard InChI is InChI=1S/C14H19FN2O/c1-9-3-4-13(15)12(5-9)14(18)17-8-11(7-16)6-10(17)2/h3-5,10-11H,6-8,16H2,1-2H3. The summed E-state index contributed by atoms with van der Waals surface area (Å²) in [6.45, 7) is 5.04. The minimum atomic E-state index is -0.450. The third-order valence-corrected chi connectivity index (χ3v) is 3.61. The van der Waals surface area contributed by atoms with Crippen LogP contribution in [-0.2, 0) is 0 Å². The molecule has 1 aromatic rings. The molecule has 1 aromatic carbocycles. The molecule has 2 atom stereocenters. The molecule has 2 N–H and O–H groups in total. The van der Waals surface area contributed by atoms with Gasteiger partial charge >= 0.3 is 0 Å². The molecule has 2 unspecified atom stereocenters. The fourth-order valence-corrected chi connectivity index (χ4v) is 2.55. The van der Waals surface area contributed by atoms with Crippen LogP contribution in [0.4, 0.5) is 4.39 Å². The predicted molar refractivity (Wildman–Crippen MR) is 68.8 cm³/mol. The zero-order chi connectivity index (χ0) is 13.3. The zero-order valence-electron chi connectivity index (χ0n) is 10.8. The zero-order valence-corrected chi connectivity index (χ0v) is 10.8. The van der Waals surface area contributed by atoms with Crippen LogP contribution in [0.5, 0.6) is 0 Å². The third-order valence-electron chi connectivity index (χ3n) is 3.61. The highest BCUT2D eigenvalue weighted by molar-refractivity contribution is 5.95. The number of nitrogens with zero attached hydrogens (tertiary/aromatic N) is 1. The lowest BCUT2D eigenvalue weighted by Gasteiger charge is -2.22. The summed E-state index contributed by atoms with van der Waals surface area (Å²) in [4.78, 5) is 14.1. The van der Waals surface area contributed by atoms with Crippen LogP contribution in [0.3, 0.4) is 0 Å². The normalized spacial score (nSPS) is 23.4. The summed E-state index contributed by atoms with van der Waals surface area (Å²) in [7, 11) is 0. The van der Waals surface area contributed by atoms with Gasteiger partial charge in [-0.05, 0) is 44.9 Å². The van der Waals surface area contributed by atoms with Crippen molar-refractivity contribution in [1.29, 1.82) is 0 Å². The highest BCUT2D eigenvalue weighted by atomic mass is 19.1. The quantitative estimate of drug-likeness (QED) is 0.872. The molecule has 1 aliphatic rings. The summed E-state index contributed by atoms with van der Waals surface area (Å²) in [5.41, 5.74) is 6.70. The molecular weight excluding hydrogens is 231 g/mol. The van der Waals surface area contributed by atoms with Crippen molar-refractivity contribution in [2.45, 2.75) is 26.3 Å². The van der Waals surface area contributed by atoms with Crippen LogP contribution in [0.2, 0.25) is 0 Å². The van der Waals surface area contributed by atoms with Crippen molar-refractivity contribution in [1.82, 2.24) is 4.90 Å². The largest absolute Gasteiger partial charge is 0.336 e. The molecule has 1 heterocycles. The van der Waals surface area contributed by atoms with Crippen molar-refractivity contribution in [2.24, 2.45) is 11.7 Å². The number of amides is 1. The molecule has 4 heteroatoms. The first-order chi connectivity index (χ1) is 8.52. The van der Waals surface area contributed by atoms with E-state index in [-0.39, 0.29) is 17.5 Å². The highest BCUT2D eigenvalue weighted by Crippen LogP contribution is 2.25. The van der Waals surface area contributed by atoms with E-state index >= 15 is 0 Å². The Bertz CT molecular complexity index is 461. The van der Waals surface area contributed by atoms with Gasteiger partial charge in [0.1, 0.15) is 5.82 Å². The van der Waals surface area contributed by atoms with Crippen LogP contribution < -0.4 is 5.73 Å². The van der Waals surface area contributed by atoms with E-state index in [1.165, 1.54) is 6.07 Å². The Morgan fingerprint density at radius 2 is 2.28 bits per heavy atom. The molecule has 1 fully saturated rings. The van der Waals surface area contributed by atoms with Gasteiger partial charge in [-0.3, -0.25) is 4.79 Å². The minimum Gasteiger partial charge on any atom is -0.336 e. The van der Waals surface area contributed by atoms with E-state index in [1.54, 1.807) is 17.0 Å². The van der Waals surface area contributed by atoms with Gasteiger partial charge in [0.25, 0.3) is 5.91 Å². The second-order valence-electron chi connectivity index (χ2n) is 5.13. The van der Waals surface area contributed by atoms with Crippen molar-refractivity contribution in [2.75, 3.05) is 13.1 Å². The summed E-state index contributed by atoms with van der Waals surface area (Å²) < 4.78 is 13.7. The molecule has 0 bridgehead atoms. The van der Waals surface area contributed by atoms with Crippen LogP contribution in [0.25, 0.3) is 0 Å². The summed E-state index contributed by atoms with van der Waals surface area (Å²) >= 11 is 0. The van der Waals surface area contributed by atoms with Gasteiger partial charge in [-0.1, -0.05) is 11.6 Å². The van der Waals surface area contributed by atoms with Gasteiger partial charge in [-0.25, -0.2) is 4.39 Å². The Morgan fingerprint density at radius 3 is 2.89 bits per heavy atom. The van der Waals surface area contributed by atoms with Crippen molar-refractivity contribution in [3.05, 3.63) is 35.1 Å². The number of nitrogens with two attached hydrogens (primary N) is 1. The third kappa shape index (κ3) is 2.38. The van der Waals surface area contributed by atoms with E-state index in [0.29, 0.717) is 19.0 Å². The van der Waals surface area contributed by atoms with E-state index in [2.05, 4.69) is 0 Å². The Hall–Kier alpha value is -1.42. The van der Waals surface area contributed by atoms with Crippen molar-refractivity contribution < 1.29 is 9.18 Å². The van der Waals surface area contributed by atoms with Gasteiger partial charge in [0.05, 0.1) is 5.56 Å². The Balaban J connectivity index is 2.24. The summed E-state index contributed by atoms with van der Waals surface area (Å²) in [5.74, 6) is -0.342. The van der Waals surface area contributed by atoms with E-state index in [1.807, 2.05) is 13.8 Å². The molecule has 0 radical (unpaired) electrons. The first-order valence-corrected chi connectivity index (χ1v) is 6.30. The number of benzene rings is 1. The summed E-state index contributed by atoms with van der Waals surface area (Å²) in [6.07, 6.45) is 0.898. The van der Waals surface area contributed by atoms with Gasteiger partial charge in [0, 0.05) is 12.6 Å². The van der Waals surface area contributed by atoms with Gasteiger partial charge < -0.3 is 10.6 Å². The molecule has 0 aromatic heterocycles. The summed E-state index contributed by atoms with van der Waals surface area (Å²) in [5, 5.41) is 0. The highest BCUT2D eigenvalue weighted by Gasteiger charge is 2.33. The SMILES string of the molecule is Cc1ccc(F)c(C(=O)N2CC(CN)CC2C)c1. The maximum absolute atomic E-state index is 13.7. The van der Waals surface area contributed by atoms with Crippen LogP contribution in [0, 0.1) is 18.7 Å². The average molecular weight is 250 g/mol. The molecule has 0 spiro atoms. The molecule has 98 valence electrons. The lowest BCUT2D eigenvalue weighted by Crippen LogP contribution is -2.35. The monoisotopic (exact) mass is 250 g/mol. The Morgan fingerprint density at radius 1 is 1.56 bits per heavy atom. The fraction of sp³-hybridized carbons (Fsp3) is 0.500. The van der Waals surface area contributed by atoms with E-state index in [9.17, 15) is 9.18 Å². The second-order valence-corrected chi connectivity index (χ2v) is 5.13. The number of rotatable bonds is 2. The van der Waals surface area contributed by atoms with Crippen molar-refractivity contribution >= 4 is 5.91 Å². The molecule has 1 aliphatic heterocycles. The molecule has 0 aliphatic carbocycles. The molecule has 1 amide bonds.